The van der Waals surface area contributed by atoms with E-state index in [9.17, 15) is 0 Å². The van der Waals surface area contributed by atoms with Crippen molar-refractivity contribution in [3.8, 4) is 0 Å². The van der Waals surface area contributed by atoms with E-state index >= 15 is 0 Å². The number of nitrogens with one attached hydrogen (secondary N) is 1. The Labute approximate surface area is 127 Å². The fourth-order valence-corrected chi connectivity index (χ4v) is 4.07. The zero-order chi connectivity index (χ0) is 14.4. The average Bonchev–Trinajstić information content (AvgIpc) is 2.89. The van der Waals surface area contributed by atoms with Crippen LogP contribution in [0.4, 0.5) is 0 Å². The average molecular weight is 303 g/mol. The number of aromatic nitrogens is 3. The minimum Gasteiger partial charge on any atom is -0.329 e. The smallest absolute Gasteiger partial charge is 0.179 e. The fourth-order valence-electron chi connectivity index (χ4n) is 2.71. The maximum absolute atomic E-state index is 5.51. The molecule has 3 nitrogen and oxygen atoms in total. The van der Waals surface area contributed by atoms with E-state index in [0.29, 0.717) is 0 Å². The summed E-state index contributed by atoms with van der Waals surface area (Å²) in [6.45, 7) is 8.57. The third-order valence-electron chi connectivity index (χ3n) is 3.73. The second-order valence-corrected chi connectivity index (χ2v) is 7.02. The summed E-state index contributed by atoms with van der Waals surface area (Å²) in [4.78, 5) is 10.5. The van der Waals surface area contributed by atoms with Gasteiger partial charge in [-0.25, -0.2) is 4.98 Å². The van der Waals surface area contributed by atoms with Crippen LogP contribution in [0.15, 0.2) is 18.3 Å². The van der Waals surface area contributed by atoms with Gasteiger partial charge in [-0.2, -0.15) is 0 Å². The van der Waals surface area contributed by atoms with Crippen molar-refractivity contribution in [2.24, 2.45) is 0 Å². The molecule has 0 radical (unpaired) electrons. The molecule has 0 amide bonds. The van der Waals surface area contributed by atoms with Crippen LogP contribution < -0.4 is 0 Å². The summed E-state index contributed by atoms with van der Waals surface area (Å²) in [5.74, 6) is 0. The van der Waals surface area contributed by atoms with Crippen molar-refractivity contribution in [3.05, 3.63) is 44.0 Å². The molecule has 1 N–H and O–H groups in total. The van der Waals surface area contributed by atoms with E-state index in [-0.39, 0.29) is 6.04 Å². The van der Waals surface area contributed by atoms with Crippen LogP contribution in [0, 0.1) is 25.5 Å². The van der Waals surface area contributed by atoms with Crippen LogP contribution in [0.1, 0.15) is 33.8 Å². The predicted octanol–water partition coefficient (Wildman–Crippen LogP) is 4.69. The minimum atomic E-state index is 0.190. The SMILES string of the molecule is Cc1cc(C(C)n2c(=S)[nH]c3c(C)ccnc32)c(C)s1. The summed E-state index contributed by atoms with van der Waals surface area (Å²) in [5, 5.41) is 0. The fraction of sp³-hybridized carbons (Fsp3) is 0.333. The number of aryl methyl sites for hydroxylation is 3. The van der Waals surface area contributed by atoms with Crippen molar-refractivity contribution in [1.29, 1.82) is 0 Å². The van der Waals surface area contributed by atoms with Crippen LogP contribution in [0.3, 0.4) is 0 Å². The summed E-state index contributed by atoms with van der Waals surface area (Å²) < 4.78 is 2.85. The molecular weight excluding hydrogens is 286 g/mol. The zero-order valence-electron chi connectivity index (χ0n) is 12.0. The Hall–Kier alpha value is -1.46. The van der Waals surface area contributed by atoms with E-state index < -0.39 is 0 Å². The largest absolute Gasteiger partial charge is 0.329 e. The Morgan fingerprint density at radius 1 is 1.35 bits per heavy atom. The molecule has 0 spiro atoms. The molecule has 1 atom stereocenters. The molecule has 0 aliphatic carbocycles. The number of hydrogen-bond acceptors (Lipinski definition) is 3. The van der Waals surface area contributed by atoms with E-state index in [1.807, 2.05) is 23.6 Å². The summed E-state index contributed by atoms with van der Waals surface area (Å²) in [6, 6.07) is 4.44. The molecule has 0 saturated carbocycles. The molecule has 1 unspecified atom stereocenters. The van der Waals surface area contributed by atoms with E-state index in [1.54, 1.807) is 0 Å². The number of rotatable bonds is 2. The molecule has 0 bridgehead atoms. The van der Waals surface area contributed by atoms with Gasteiger partial charge in [-0.05, 0) is 63.2 Å². The molecule has 0 aliphatic heterocycles. The van der Waals surface area contributed by atoms with Gasteiger partial charge in [0.15, 0.2) is 10.4 Å². The Bertz CT molecular complexity index is 839. The van der Waals surface area contributed by atoms with E-state index in [2.05, 4.69) is 48.3 Å². The van der Waals surface area contributed by atoms with Crippen molar-refractivity contribution in [1.82, 2.24) is 14.5 Å². The maximum atomic E-state index is 5.51. The van der Waals surface area contributed by atoms with Crippen LogP contribution in [0.25, 0.3) is 11.2 Å². The van der Waals surface area contributed by atoms with E-state index in [1.165, 1.54) is 20.9 Å². The number of fused-ring (bicyclic) bond motifs is 1. The monoisotopic (exact) mass is 303 g/mol. The van der Waals surface area contributed by atoms with Crippen molar-refractivity contribution in [3.63, 3.8) is 0 Å². The minimum absolute atomic E-state index is 0.190. The normalized spacial score (nSPS) is 13.0. The lowest BCUT2D eigenvalue weighted by atomic mass is 10.1. The zero-order valence-corrected chi connectivity index (χ0v) is 13.7. The van der Waals surface area contributed by atoms with Crippen molar-refractivity contribution in [2.45, 2.75) is 33.7 Å². The molecule has 0 aromatic carbocycles. The van der Waals surface area contributed by atoms with Gasteiger partial charge >= 0.3 is 0 Å². The number of pyridine rings is 1. The first kappa shape index (κ1) is 13.5. The Morgan fingerprint density at radius 2 is 2.10 bits per heavy atom. The third-order valence-corrected chi connectivity index (χ3v) is 5.02. The molecule has 5 heteroatoms. The lowest BCUT2D eigenvalue weighted by Crippen LogP contribution is -2.07. The van der Waals surface area contributed by atoms with Gasteiger partial charge in [-0.3, -0.25) is 4.57 Å². The summed E-state index contributed by atoms with van der Waals surface area (Å²) >= 11 is 7.34. The number of aromatic amines is 1. The van der Waals surface area contributed by atoms with Gasteiger partial charge in [0, 0.05) is 16.0 Å². The molecule has 3 heterocycles. The molecule has 0 aliphatic rings. The van der Waals surface area contributed by atoms with Gasteiger partial charge in [0.1, 0.15) is 0 Å². The van der Waals surface area contributed by atoms with Gasteiger partial charge in [0.2, 0.25) is 0 Å². The lowest BCUT2D eigenvalue weighted by molar-refractivity contribution is 0.643. The van der Waals surface area contributed by atoms with Crippen LogP contribution in [-0.4, -0.2) is 14.5 Å². The molecular formula is C15H17N3S2. The molecule has 20 heavy (non-hydrogen) atoms. The van der Waals surface area contributed by atoms with E-state index in [0.717, 1.165) is 15.9 Å². The Morgan fingerprint density at radius 3 is 2.75 bits per heavy atom. The van der Waals surface area contributed by atoms with Crippen LogP contribution in [0.2, 0.25) is 0 Å². The van der Waals surface area contributed by atoms with Gasteiger partial charge in [-0.15, -0.1) is 11.3 Å². The first-order valence-corrected chi connectivity index (χ1v) is 7.84. The Kier molecular flexibility index (Phi) is 3.26. The molecule has 0 saturated heterocycles. The van der Waals surface area contributed by atoms with Crippen molar-refractivity contribution < 1.29 is 0 Å². The number of imidazole rings is 1. The lowest BCUT2D eigenvalue weighted by Gasteiger charge is -2.14. The first-order valence-electron chi connectivity index (χ1n) is 6.61. The summed E-state index contributed by atoms with van der Waals surface area (Å²) in [6.07, 6.45) is 1.84. The second-order valence-electron chi connectivity index (χ2n) is 5.17. The number of thiophene rings is 1. The highest BCUT2D eigenvalue weighted by Gasteiger charge is 2.17. The third kappa shape index (κ3) is 2.01. The van der Waals surface area contributed by atoms with Gasteiger partial charge in [-0.1, -0.05) is 0 Å². The van der Waals surface area contributed by atoms with Crippen LogP contribution in [-0.2, 0) is 0 Å². The second kappa shape index (κ2) is 4.82. The number of H-pyrrole nitrogens is 1. The highest BCUT2D eigenvalue weighted by Crippen LogP contribution is 2.31. The Balaban J connectivity index is 2.24. The van der Waals surface area contributed by atoms with Crippen LogP contribution >= 0.6 is 23.6 Å². The predicted molar refractivity (Wildman–Crippen MR) is 87.3 cm³/mol. The van der Waals surface area contributed by atoms with Gasteiger partial charge < -0.3 is 4.98 Å². The highest BCUT2D eigenvalue weighted by molar-refractivity contribution is 7.71. The maximum Gasteiger partial charge on any atom is 0.179 e. The van der Waals surface area contributed by atoms with Crippen molar-refractivity contribution in [2.75, 3.05) is 0 Å². The molecule has 104 valence electrons. The molecule has 0 fully saturated rings. The highest BCUT2D eigenvalue weighted by atomic mass is 32.1. The standard InChI is InChI=1S/C15H17N3S2/c1-8-5-6-16-14-13(8)17-15(19)18(14)10(3)12-7-9(2)20-11(12)4/h5-7,10H,1-4H3,(H,17,19). The first-order chi connectivity index (χ1) is 9.49. The molecule has 3 rings (SSSR count). The van der Waals surface area contributed by atoms with Gasteiger partial charge in [0.05, 0.1) is 11.6 Å². The molecule has 3 aromatic heterocycles. The summed E-state index contributed by atoms with van der Waals surface area (Å²) in [7, 11) is 0. The quantitative estimate of drug-likeness (QED) is 0.697. The topological polar surface area (TPSA) is 33.6 Å². The number of nitrogens with zero attached hydrogens (tertiary/aromatic N) is 2. The van der Waals surface area contributed by atoms with Crippen LogP contribution in [0.5, 0.6) is 0 Å². The van der Waals surface area contributed by atoms with Crippen molar-refractivity contribution >= 4 is 34.7 Å². The summed E-state index contributed by atoms with van der Waals surface area (Å²) in [5.41, 5.74) is 4.47. The number of hydrogen-bond donors (Lipinski definition) is 1. The molecule has 3 aromatic rings. The van der Waals surface area contributed by atoms with Gasteiger partial charge in [0.25, 0.3) is 0 Å². The van der Waals surface area contributed by atoms with E-state index in [4.69, 9.17) is 12.2 Å².